The summed E-state index contributed by atoms with van der Waals surface area (Å²) in [6.45, 7) is 1.91. The third-order valence-corrected chi connectivity index (χ3v) is 2.89. The highest BCUT2D eigenvalue weighted by Crippen LogP contribution is 2.33. The van der Waals surface area contributed by atoms with E-state index in [1.54, 1.807) is 19.1 Å². The average Bonchev–Trinajstić information content (AvgIpc) is 3.15. The van der Waals surface area contributed by atoms with Gasteiger partial charge in [0.05, 0.1) is 17.7 Å². The van der Waals surface area contributed by atoms with Gasteiger partial charge in [-0.2, -0.15) is 0 Å². The Hall–Kier alpha value is -1.26. The molecule has 0 amide bonds. The Morgan fingerprint density at radius 3 is 2.83 bits per heavy atom. The van der Waals surface area contributed by atoms with Crippen LogP contribution in [0.25, 0.3) is 0 Å². The molecule has 0 heterocycles. The molecule has 1 unspecified atom stereocenters. The molecule has 18 heavy (non-hydrogen) atoms. The summed E-state index contributed by atoms with van der Waals surface area (Å²) < 4.78 is 10.3. The third kappa shape index (κ3) is 3.15. The number of hydrogen-bond acceptors (Lipinski definition) is 4. The molecular weight excluding hydrogens is 256 g/mol. The third-order valence-electron chi connectivity index (χ3n) is 2.60. The summed E-state index contributed by atoms with van der Waals surface area (Å²) >= 11 is 6.04. The number of aliphatic hydroxyl groups is 1. The molecule has 98 valence electrons. The molecule has 0 aromatic heterocycles. The molecule has 0 aliphatic heterocycles. The Balaban J connectivity index is 2.09. The zero-order valence-electron chi connectivity index (χ0n) is 10.1. The van der Waals surface area contributed by atoms with Crippen LogP contribution in [-0.2, 0) is 9.53 Å². The van der Waals surface area contributed by atoms with Crippen LogP contribution in [0.2, 0.25) is 5.02 Å². The highest BCUT2D eigenvalue weighted by Gasteiger charge is 2.25. The largest absolute Gasteiger partial charge is 0.489 e. The summed E-state index contributed by atoms with van der Waals surface area (Å²) in [4.78, 5) is 11.4. The summed E-state index contributed by atoms with van der Waals surface area (Å²) in [6, 6.07) is 4.81. The molecule has 1 atom stereocenters. The minimum atomic E-state index is -1.31. The minimum absolute atomic E-state index is 0.229. The van der Waals surface area contributed by atoms with Crippen molar-refractivity contribution in [2.45, 2.75) is 32.0 Å². The summed E-state index contributed by atoms with van der Waals surface area (Å²) in [7, 11) is 0. The quantitative estimate of drug-likeness (QED) is 0.835. The van der Waals surface area contributed by atoms with Crippen molar-refractivity contribution < 1.29 is 19.4 Å². The van der Waals surface area contributed by atoms with Gasteiger partial charge >= 0.3 is 5.97 Å². The number of halogens is 1. The lowest BCUT2D eigenvalue weighted by atomic mass is 10.1. The van der Waals surface area contributed by atoms with Gasteiger partial charge < -0.3 is 14.6 Å². The van der Waals surface area contributed by atoms with E-state index in [9.17, 15) is 9.90 Å². The fraction of sp³-hybridized carbons (Fsp3) is 0.462. The van der Waals surface area contributed by atoms with Gasteiger partial charge in [-0.3, -0.25) is 0 Å². The topological polar surface area (TPSA) is 55.8 Å². The summed E-state index contributed by atoms with van der Waals surface area (Å²) in [5.41, 5.74) is 0.404. The zero-order chi connectivity index (χ0) is 13.1. The van der Waals surface area contributed by atoms with Gasteiger partial charge in [-0.1, -0.05) is 17.7 Å². The Kier molecular flexibility index (Phi) is 4.09. The first-order chi connectivity index (χ1) is 8.61. The second kappa shape index (κ2) is 5.59. The molecule has 1 aliphatic rings. The molecule has 1 N–H and O–H groups in total. The van der Waals surface area contributed by atoms with Crippen LogP contribution < -0.4 is 4.74 Å². The summed E-state index contributed by atoms with van der Waals surface area (Å²) in [6.07, 6.45) is 1.04. The first-order valence-corrected chi connectivity index (χ1v) is 6.30. The minimum Gasteiger partial charge on any atom is -0.489 e. The SMILES string of the molecule is CCOC(=O)C(O)c1ccc(OC2CC2)c(Cl)c1. The Bertz CT molecular complexity index is 443. The number of benzene rings is 1. The van der Waals surface area contributed by atoms with Crippen molar-refractivity contribution in [3.8, 4) is 5.75 Å². The fourth-order valence-electron chi connectivity index (χ4n) is 1.51. The maximum Gasteiger partial charge on any atom is 0.339 e. The van der Waals surface area contributed by atoms with Gasteiger partial charge in [-0.05, 0) is 37.5 Å². The van der Waals surface area contributed by atoms with E-state index in [1.807, 2.05) is 0 Å². The van der Waals surface area contributed by atoms with Gasteiger partial charge in [0.1, 0.15) is 5.75 Å². The number of carbonyl (C=O) groups excluding carboxylic acids is 1. The van der Waals surface area contributed by atoms with E-state index < -0.39 is 12.1 Å². The van der Waals surface area contributed by atoms with Gasteiger partial charge in [-0.15, -0.1) is 0 Å². The highest BCUT2D eigenvalue weighted by molar-refractivity contribution is 6.32. The predicted molar refractivity (Wildman–Crippen MR) is 66.7 cm³/mol. The Labute approximate surface area is 110 Å². The maximum atomic E-state index is 11.4. The first kappa shape index (κ1) is 13.2. The van der Waals surface area contributed by atoms with Crippen LogP contribution >= 0.6 is 11.6 Å². The van der Waals surface area contributed by atoms with Gasteiger partial charge in [0.15, 0.2) is 6.10 Å². The van der Waals surface area contributed by atoms with E-state index >= 15 is 0 Å². The summed E-state index contributed by atoms with van der Waals surface area (Å²) in [5.74, 6) is -0.0941. The lowest BCUT2D eigenvalue weighted by molar-refractivity contribution is -0.153. The molecule has 0 spiro atoms. The van der Waals surface area contributed by atoms with Crippen LogP contribution in [0.5, 0.6) is 5.75 Å². The van der Waals surface area contributed by atoms with Crippen LogP contribution in [0, 0.1) is 0 Å². The van der Waals surface area contributed by atoms with Crippen molar-refractivity contribution in [3.05, 3.63) is 28.8 Å². The van der Waals surface area contributed by atoms with Gasteiger partial charge in [0, 0.05) is 0 Å². The molecule has 0 radical (unpaired) electrons. The number of esters is 1. The monoisotopic (exact) mass is 270 g/mol. The molecule has 1 saturated carbocycles. The highest BCUT2D eigenvalue weighted by atomic mass is 35.5. The molecular formula is C13H15ClO4. The molecule has 1 fully saturated rings. The van der Waals surface area contributed by atoms with Crippen molar-refractivity contribution in [1.82, 2.24) is 0 Å². The molecule has 1 aromatic rings. The standard InChI is InChI=1S/C13H15ClO4/c1-2-17-13(16)12(15)8-3-6-11(10(14)7-8)18-9-4-5-9/h3,6-7,9,12,15H,2,4-5H2,1H3. The Morgan fingerprint density at radius 2 is 2.28 bits per heavy atom. The van der Waals surface area contributed by atoms with Crippen molar-refractivity contribution in [1.29, 1.82) is 0 Å². The number of carbonyl (C=O) groups is 1. The van der Waals surface area contributed by atoms with Crippen molar-refractivity contribution in [2.75, 3.05) is 6.61 Å². The molecule has 5 heteroatoms. The van der Waals surface area contributed by atoms with Crippen molar-refractivity contribution >= 4 is 17.6 Å². The number of rotatable bonds is 5. The second-order valence-corrected chi connectivity index (χ2v) is 4.57. The number of hydrogen-bond donors (Lipinski definition) is 1. The number of aliphatic hydroxyl groups excluding tert-OH is 1. The lowest BCUT2D eigenvalue weighted by Gasteiger charge is -2.12. The second-order valence-electron chi connectivity index (χ2n) is 4.16. The van der Waals surface area contributed by atoms with Crippen LogP contribution in [0.15, 0.2) is 18.2 Å². The van der Waals surface area contributed by atoms with Crippen LogP contribution in [0.3, 0.4) is 0 Å². The van der Waals surface area contributed by atoms with E-state index in [2.05, 4.69) is 0 Å². The normalized spacial score (nSPS) is 16.2. The molecule has 0 bridgehead atoms. The van der Waals surface area contributed by atoms with Gasteiger partial charge in [0.2, 0.25) is 0 Å². The zero-order valence-corrected chi connectivity index (χ0v) is 10.8. The number of ether oxygens (including phenoxy) is 2. The average molecular weight is 271 g/mol. The van der Waals surface area contributed by atoms with E-state index in [0.29, 0.717) is 16.3 Å². The fourth-order valence-corrected chi connectivity index (χ4v) is 1.74. The maximum absolute atomic E-state index is 11.4. The van der Waals surface area contributed by atoms with Crippen LogP contribution in [-0.4, -0.2) is 23.8 Å². The van der Waals surface area contributed by atoms with E-state index in [4.69, 9.17) is 21.1 Å². The molecule has 0 saturated heterocycles. The molecule has 2 rings (SSSR count). The molecule has 1 aliphatic carbocycles. The van der Waals surface area contributed by atoms with Gasteiger partial charge in [-0.25, -0.2) is 4.79 Å². The molecule has 4 nitrogen and oxygen atoms in total. The van der Waals surface area contributed by atoms with Crippen molar-refractivity contribution in [2.24, 2.45) is 0 Å². The summed E-state index contributed by atoms with van der Waals surface area (Å²) in [5, 5.41) is 10.1. The lowest BCUT2D eigenvalue weighted by Crippen LogP contribution is -2.15. The predicted octanol–water partition coefficient (Wildman–Crippen LogP) is 2.48. The van der Waals surface area contributed by atoms with E-state index in [0.717, 1.165) is 12.8 Å². The van der Waals surface area contributed by atoms with Crippen LogP contribution in [0.4, 0.5) is 0 Å². The molecule has 1 aromatic carbocycles. The first-order valence-electron chi connectivity index (χ1n) is 5.92. The smallest absolute Gasteiger partial charge is 0.339 e. The van der Waals surface area contributed by atoms with E-state index in [-0.39, 0.29) is 12.7 Å². The van der Waals surface area contributed by atoms with Gasteiger partial charge in [0.25, 0.3) is 0 Å². The van der Waals surface area contributed by atoms with E-state index in [1.165, 1.54) is 6.07 Å². The van der Waals surface area contributed by atoms with Crippen LogP contribution in [0.1, 0.15) is 31.4 Å². The Morgan fingerprint density at radius 1 is 1.56 bits per heavy atom. The van der Waals surface area contributed by atoms with Crippen molar-refractivity contribution in [3.63, 3.8) is 0 Å².